The summed E-state index contributed by atoms with van der Waals surface area (Å²) in [5, 5.41) is 0. The summed E-state index contributed by atoms with van der Waals surface area (Å²) in [5.41, 5.74) is 4.14. The molecule has 3 aromatic rings. The number of pyridine rings is 2. The van der Waals surface area contributed by atoms with Crippen LogP contribution in [0.15, 0.2) is 61.2 Å². The van der Waals surface area contributed by atoms with E-state index in [9.17, 15) is 0 Å². The average molecular weight is 386 g/mol. The van der Waals surface area contributed by atoms with Crippen LogP contribution in [0.25, 0.3) is 24.3 Å². The van der Waals surface area contributed by atoms with E-state index in [1.807, 2.05) is 43.3 Å². The van der Waals surface area contributed by atoms with Gasteiger partial charge in [-0.2, -0.15) is 0 Å². The topological polar surface area (TPSA) is 44.2 Å². The molecule has 1 aromatic carbocycles. The Bertz CT molecular complexity index is 951. The Morgan fingerprint density at radius 2 is 1.17 bits per heavy atom. The van der Waals surface area contributed by atoms with Gasteiger partial charge in [0.2, 0.25) is 0 Å². The number of aromatic nitrogens is 2. The van der Waals surface area contributed by atoms with E-state index in [0.717, 1.165) is 40.2 Å². The molecule has 0 atom stereocenters. The molecule has 2 aromatic heterocycles. The van der Waals surface area contributed by atoms with Gasteiger partial charge in [-0.25, -0.2) is 0 Å². The van der Waals surface area contributed by atoms with Crippen molar-refractivity contribution in [3.05, 3.63) is 83.4 Å². The van der Waals surface area contributed by atoms with Crippen molar-refractivity contribution in [3.63, 3.8) is 0 Å². The van der Waals surface area contributed by atoms with Crippen LogP contribution in [0.3, 0.4) is 0 Å². The van der Waals surface area contributed by atoms with Crippen LogP contribution in [-0.2, 0) is 0 Å². The average Bonchev–Trinajstić information content (AvgIpc) is 2.77. The second-order valence-corrected chi connectivity index (χ2v) is 6.44. The molecule has 0 fully saturated rings. The first-order valence-electron chi connectivity index (χ1n) is 9.90. The van der Waals surface area contributed by atoms with Gasteiger partial charge < -0.3 is 9.47 Å². The smallest absolute Gasteiger partial charge is 0.127 e. The molecule has 29 heavy (non-hydrogen) atoms. The highest BCUT2D eigenvalue weighted by atomic mass is 16.5. The molecule has 148 valence electrons. The second-order valence-electron chi connectivity index (χ2n) is 6.44. The van der Waals surface area contributed by atoms with Crippen LogP contribution < -0.4 is 9.47 Å². The lowest BCUT2D eigenvalue weighted by molar-refractivity contribution is 0.313. The van der Waals surface area contributed by atoms with E-state index >= 15 is 0 Å². The predicted octanol–water partition coefficient (Wildman–Crippen LogP) is 6.00. The highest BCUT2D eigenvalue weighted by Gasteiger charge is 2.09. The summed E-state index contributed by atoms with van der Waals surface area (Å²) in [4.78, 5) is 8.13. The Morgan fingerprint density at radius 1 is 0.690 bits per heavy atom. The van der Waals surface area contributed by atoms with E-state index in [-0.39, 0.29) is 0 Å². The first-order chi connectivity index (χ1) is 14.3. The van der Waals surface area contributed by atoms with Crippen LogP contribution in [0.2, 0.25) is 0 Å². The molecule has 0 aliphatic carbocycles. The zero-order chi connectivity index (χ0) is 20.3. The monoisotopic (exact) mass is 386 g/mol. The maximum Gasteiger partial charge on any atom is 0.127 e. The molecule has 0 aliphatic rings. The summed E-state index contributed by atoms with van der Waals surface area (Å²) in [5.74, 6) is 1.67. The number of rotatable bonds is 9. The molecule has 3 rings (SSSR count). The molecule has 0 spiro atoms. The van der Waals surface area contributed by atoms with Crippen molar-refractivity contribution in [2.75, 3.05) is 13.2 Å². The molecular weight excluding hydrogens is 360 g/mol. The van der Waals surface area contributed by atoms with Crippen LogP contribution >= 0.6 is 0 Å². The molecule has 0 unspecified atom stereocenters. The van der Waals surface area contributed by atoms with Crippen molar-refractivity contribution in [1.29, 1.82) is 0 Å². The SMILES string of the molecule is CCCOc1cc(/C=C/c2ccncc2)c(OCC)cc1/C=C/c1ccncc1. The summed E-state index contributed by atoms with van der Waals surface area (Å²) < 4.78 is 12.0. The number of hydrogen-bond acceptors (Lipinski definition) is 4. The first-order valence-corrected chi connectivity index (χ1v) is 9.90. The standard InChI is InChI=1S/C25H26N2O2/c1-3-17-29-25-19-22(7-5-20-9-13-26-14-10-20)24(28-4-2)18-23(25)8-6-21-11-15-27-16-12-21/h5-16,18-19H,3-4,17H2,1-2H3/b7-5+,8-6+. The van der Waals surface area contributed by atoms with E-state index in [2.05, 4.69) is 41.2 Å². The maximum absolute atomic E-state index is 6.04. The lowest BCUT2D eigenvalue weighted by Crippen LogP contribution is -2.00. The van der Waals surface area contributed by atoms with Crippen molar-refractivity contribution in [2.24, 2.45) is 0 Å². The normalized spacial score (nSPS) is 11.2. The van der Waals surface area contributed by atoms with E-state index in [4.69, 9.17) is 9.47 Å². The fourth-order valence-corrected chi connectivity index (χ4v) is 2.79. The third-order valence-electron chi connectivity index (χ3n) is 4.23. The Hall–Kier alpha value is -3.40. The van der Waals surface area contributed by atoms with Gasteiger partial charge >= 0.3 is 0 Å². The summed E-state index contributed by atoms with van der Waals surface area (Å²) in [7, 11) is 0. The van der Waals surface area contributed by atoms with Gasteiger partial charge in [-0.15, -0.1) is 0 Å². The van der Waals surface area contributed by atoms with Crippen LogP contribution in [0.5, 0.6) is 11.5 Å². The Kier molecular flexibility index (Phi) is 7.58. The van der Waals surface area contributed by atoms with Gasteiger partial charge in [0, 0.05) is 35.9 Å². The van der Waals surface area contributed by atoms with Crippen LogP contribution in [0.4, 0.5) is 0 Å². The van der Waals surface area contributed by atoms with Crippen molar-refractivity contribution >= 4 is 24.3 Å². The van der Waals surface area contributed by atoms with Crippen molar-refractivity contribution in [1.82, 2.24) is 9.97 Å². The van der Waals surface area contributed by atoms with Gasteiger partial charge in [-0.05, 0) is 60.9 Å². The zero-order valence-electron chi connectivity index (χ0n) is 16.9. The molecule has 0 saturated carbocycles. The highest BCUT2D eigenvalue weighted by molar-refractivity contribution is 5.78. The van der Waals surface area contributed by atoms with E-state index in [1.165, 1.54) is 0 Å². The Labute approximate surface area is 172 Å². The maximum atomic E-state index is 6.04. The molecule has 2 heterocycles. The molecule has 4 heteroatoms. The molecule has 0 bridgehead atoms. The van der Waals surface area contributed by atoms with E-state index in [0.29, 0.717) is 13.2 Å². The highest BCUT2D eigenvalue weighted by Crippen LogP contribution is 2.32. The quantitative estimate of drug-likeness (QED) is 0.452. The zero-order valence-corrected chi connectivity index (χ0v) is 16.9. The second kappa shape index (κ2) is 10.8. The van der Waals surface area contributed by atoms with Gasteiger partial charge in [-0.3, -0.25) is 9.97 Å². The minimum Gasteiger partial charge on any atom is -0.493 e. The summed E-state index contributed by atoms with van der Waals surface area (Å²) >= 11 is 0. The van der Waals surface area contributed by atoms with Gasteiger partial charge in [0.1, 0.15) is 11.5 Å². The Morgan fingerprint density at radius 3 is 1.62 bits per heavy atom. The number of ether oxygens (including phenoxy) is 2. The lowest BCUT2D eigenvalue weighted by Gasteiger charge is -2.14. The third kappa shape index (κ3) is 6.04. The fourth-order valence-electron chi connectivity index (χ4n) is 2.79. The van der Waals surface area contributed by atoms with Gasteiger partial charge in [-0.1, -0.05) is 31.2 Å². The molecule has 0 radical (unpaired) electrons. The molecule has 4 nitrogen and oxygen atoms in total. The fraction of sp³-hybridized carbons (Fsp3) is 0.200. The van der Waals surface area contributed by atoms with Crippen LogP contribution in [0, 0.1) is 0 Å². The minimum absolute atomic E-state index is 0.596. The van der Waals surface area contributed by atoms with Crippen molar-refractivity contribution in [2.45, 2.75) is 20.3 Å². The summed E-state index contributed by atoms with van der Waals surface area (Å²) in [6, 6.07) is 12.0. The summed E-state index contributed by atoms with van der Waals surface area (Å²) in [6.07, 6.45) is 16.3. The number of benzene rings is 1. The minimum atomic E-state index is 0.596. The van der Waals surface area contributed by atoms with Gasteiger partial charge in [0.15, 0.2) is 0 Å². The molecule has 0 N–H and O–H groups in total. The predicted molar refractivity (Wildman–Crippen MR) is 120 cm³/mol. The van der Waals surface area contributed by atoms with E-state index < -0.39 is 0 Å². The molecule has 0 aliphatic heterocycles. The molecular formula is C25H26N2O2. The van der Waals surface area contributed by atoms with Gasteiger partial charge in [0.05, 0.1) is 13.2 Å². The number of nitrogens with zero attached hydrogens (tertiary/aromatic N) is 2. The van der Waals surface area contributed by atoms with Crippen molar-refractivity contribution in [3.8, 4) is 11.5 Å². The lowest BCUT2D eigenvalue weighted by atomic mass is 10.1. The molecule has 0 saturated heterocycles. The number of hydrogen-bond donors (Lipinski definition) is 0. The first kappa shape index (κ1) is 20.3. The third-order valence-corrected chi connectivity index (χ3v) is 4.23. The Balaban J connectivity index is 1.97. The summed E-state index contributed by atoms with van der Waals surface area (Å²) in [6.45, 7) is 5.35. The van der Waals surface area contributed by atoms with Gasteiger partial charge in [0.25, 0.3) is 0 Å². The largest absolute Gasteiger partial charge is 0.493 e. The van der Waals surface area contributed by atoms with E-state index in [1.54, 1.807) is 24.8 Å². The van der Waals surface area contributed by atoms with Crippen molar-refractivity contribution < 1.29 is 9.47 Å². The van der Waals surface area contributed by atoms with Crippen LogP contribution in [-0.4, -0.2) is 23.2 Å². The molecule has 0 amide bonds. The van der Waals surface area contributed by atoms with Crippen LogP contribution in [0.1, 0.15) is 42.5 Å².